The summed E-state index contributed by atoms with van der Waals surface area (Å²) in [6.07, 6.45) is 1.51. The third-order valence-corrected chi connectivity index (χ3v) is 11.5. The maximum absolute atomic E-state index is 14.4. The first-order valence-corrected chi connectivity index (χ1v) is 20.3. The van der Waals surface area contributed by atoms with Gasteiger partial charge in [-0.2, -0.15) is 0 Å². The van der Waals surface area contributed by atoms with Gasteiger partial charge >= 0.3 is 5.97 Å². The predicted molar refractivity (Wildman–Crippen MR) is 218 cm³/mol. The highest BCUT2D eigenvalue weighted by atomic mass is 16.5. The molecule has 5 N–H and O–H groups in total. The molecule has 0 spiro atoms. The number of carboxylic acids is 1. The quantitative estimate of drug-likeness (QED) is 0.121. The molecule has 4 amide bonds. The van der Waals surface area contributed by atoms with Crippen molar-refractivity contribution in [3.05, 3.63) is 35.9 Å². The van der Waals surface area contributed by atoms with Gasteiger partial charge in [0.05, 0.1) is 42.7 Å². The van der Waals surface area contributed by atoms with E-state index >= 15 is 0 Å². The topological polar surface area (TPSA) is 184 Å². The molecule has 1 aliphatic heterocycles. The van der Waals surface area contributed by atoms with Gasteiger partial charge in [-0.3, -0.25) is 24.1 Å². The number of likely N-dealkylation sites (N-methyl/N-ethyl adjacent to an activating group) is 2. The number of ether oxygens (including phenoxy) is 2. The van der Waals surface area contributed by atoms with Crippen LogP contribution in [0.3, 0.4) is 0 Å². The number of carboxylic acid groups (broad SMARTS) is 1. The molecule has 9 atom stereocenters. The normalized spacial score (nSPS) is 18.8. The van der Waals surface area contributed by atoms with Crippen molar-refractivity contribution in [2.45, 2.75) is 129 Å². The molecule has 0 radical (unpaired) electrons. The van der Waals surface area contributed by atoms with Gasteiger partial charge < -0.3 is 40.7 Å². The number of methoxy groups -OCH3 is 2. The summed E-state index contributed by atoms with van der Waals surface area (Å²) in [4.78, 5) is 73.3. The third kappa shape index (κ3) is 13.2. The fourth-order valence-corrected chi connectivity index (χ4v) is 8.12. The number of rotatable bonds is 24. The average molecular weight is 789 g/mol. The number of hydrogen-bond donors (Lipinski definition) is 4. The Labute approximate surface area is 335 Å². The number of carbonyl (C=O) groups excluding carboxylic acids is 4. The minimum atomic E-state index is -1.14. The van der Waals surface area contributed by atoms with Crippen LogP contribution in [0.4, 0.5) is 0 Å². The van der Waals surface area contributed by atoms with E-state index in [0.717, 1.165) is 12.0 Å². The van der Waals surface area contributed by atoms with Gasteiger partial charge in [-0.05, 0) is 62.7 Å². The molecular formula is C42H72N6O8. The van der Waals surface area contributed by atoms with E-state index in [0.29, 0.717) is 38.9 Å². The zero-order valence-corrected chi connectivity index (χ0v) is 35.8. The minimum absolute atomic E-state index is 0.000882. The largest absolute Gasteiger partial charge is 0.480 e. The lowest BCUT2D eigenvalue weighted by Crippen LogP contribution is -2.60. The molecule has 14 heteroatoms. The maximum atomic E-state index is 14.4. The Balaban J connectivity index is 2.28. The van der Waals surface area contributed by atoms with Crippen molar-refractivity contribution in [1.82, 2.24) is 25.3 Å². The number of nitrogens with two attached hydrogens (primary N) is 1. The molecule has 1 aliphatic rings. The van der Waals surface area contributed by atoms with E-state index in [4.69, 9.17) is 15.2 Å². The summed E-state index contributed by atoms with van der Waals surface area (Å²) >= 11 is 0. The van der Waals surface area contributed by atoms with Crippen molar-refractivity contribution in [2.24, 2.45) is 29.4 Å². The van der Waals surface area contributed by atoms with Gasteiger partial charge in [0.1, 0.15) is 12.1 Å². The SMILES string of the molecule is CCC(C)C(C(CC(=O)N1CCC[C@H]1C(OC)C(C)C(=O)NC(Cc1ccccc1)C(=O)O)OC)N(C)C(=O)C(NC(=O)C(C(C)C)N(C)CCCN)C(C)C. The molecular weight excluding hydrogens is 716 g/mol. The first kappa shape index (κ1) is 48.6. The first-order valence-electron chi connectivity index (χ1n) is 20.3. The Morgan fingerprint density at radius 2 is 1.59 bits per heavy atom. The molecule has 1 aromatic rings. The smallest absolute Gasteiger partial charge is 0.326 e. The van der Waals surface area contributed by atoms with Crippen molar-refractivity contribution in [3.8, 4) is 0 Å². The number of carbonyl (C=O) groups is 5. The van der Waals surface area contributed by atoms with Gasteiger partial charge in [0.25, 0.3) is 0 Å². The van der Waals surface area contributed by atoms with Crippen LogP contribution in [0.5, 0.6) is 0 Å². The number of aliphatic carboxylic acids is 1. The third-order valence-electron chi connectivity index (χ3n) is 11.5. The number of amides is 4. The Kier molecular flexibility index (Phi) is 20.5. The lowest BCUT2D eigenvalue weighted by atomic mass is 9.89. The Bertz CT molecular complexity index is 1400. The predicted octanol–water partition coefficient (Wildman–Crippen LogP) is 3.16. The van der Waals surface area contributed by atoms with Crippen LogP contribution >= 0.6 is 0 Å². The second-order valence-corrected chi connectivity index (χ2v) is 16.2. The molecule has 0 aromatic heterocycles. The molecule has 8 unspecified atom stereocenters. The highest BCUT2D eigenvalue weighted by Gasteiger charge is 2.43. The zero-order valence-electron chi connectivity index (χ0n) is 35.8. The highest BCUT2D eigenvalue weighted by Crippen LogP contribution is 2.30. The summed E-state index contributed by atoms with van der Waals surface area (Å²) in [5, 5.41) is 15.6. The summed E-state index contributed by atoms with van der Waals surface area (Å²) in [7, 11) is 6.65. The van der Waals surface area contributed by atoms with E-state index in [2.05, 4.69) is 10.6 Å². The van der Waals surface area contributed by atoms with Crippen LogP contribution in [-0.4, -0.2) is 140 Å². The van der Waals surface area contributed by atoms with Crippen LogP contribution in [0, 0.1) is 23.7 Å². The molecule has 1 fully saturated rings. The molecule has 0 aliphatic carbocycles. The summed E-state index contributed by atoms with van der Waals surface area (Å²) in [6, 6.07) is 5.80. The van der Waals surface area contributed by atoms with Gasteiger partial charge in [0.15, 0.2) is 0 Å². The van der Waals surface area contributed by atoms with Gasteiger partial charge in [-0.25, -0.2) is 4.79 Å². The van der Waals surface area contributed by atoms with E-state index in [1.807, 2.05) is 83.8 Å². The van der Waals surface area contributed by atoms with Crippen LogP contribution < -0.4 is 16.4 Å². The van der Waals surface area contributed by atoms with Gasteiger partial charge in [0, 0.05) is 34.2 Å². The summed E-state index contributed by atoms with van der Waals surface area (Å²) in [5.74, 6) is -3.31. The monoisotopic (exact) mass is 789 g/mol. The van der Waals surface area contributed by atoms with Crippen molar-refractivity contribution < 1.29 is 38.6 Å². The Hall–Kier alpha value is -3.59. The van der Waals surface area contributed by atoms with E-state index in [1.54, 1.807) is 23.8 Å². The molecule has 14 nitrogen and oxygen atoms in total. The second kappa shape index (κ2) is 23.6. The lowest BCUT2D eigenvalue weighted by molar-refractivity contribution is -0.148. The fraction of sp³-hybridized carbons (Fsp3) is 0.738. The van der Waals surface area contributed by atoms with Gasteiger partial charge in [-0.15, -0.1) is 0 Å². The summed E-state index contributed by atoms with van der Waals surface area (Å²) in [6.45, 7) is 15.1. The molecule has 318 valence electrons. The molecule has 1 aromatic carbocycles. The molecule has 0 saturated carbocycles. The van der Waals surface area contributed by atoms with Crippen molar-refractivity contribution in [1.29, 1.82) is 0 Å². The summed E-state index contributed by atoms with van der Waals surface area (Å²) < 4.78 is 11.9. The second-order valence-electron chi connectivity index (χ2n) is 16.2. The average Bonchev–Trinajstić information content (AvgIpc) is 3.65. The molecule has 0 bridgehead atoms. The number of nitrogens with one attached hydrogen (secondary N) is 2. The van der Waals surface area contributed by atoms with Crippen LogP contribution in [0.25, 0.3) is 0 Å². The molecule has 1 saturated heterocycles. The van der Waals surface area contributed by atoms with Crippen LogP contribution in [-0.2, 0) is 39.9 Å². The molecule has 1 heterocycles. The molecule has 56 heavy (non-hydrogen) atoms. The van der Waals surface area contributed by atoms with E-state index in [1.165, 1.54) is 14.2 Å². The van der Waals surface area contributed by atoms with E-state index in [9.17, 15) is 29.1 Å². The van der Waals surface area contributed by atoms with Crippen LogP contribution in [0.2, 0.25) is 0 Å². The lowest BCUT2D eigenvalue weighted by Gasteiger charge is -2.41. The van der Waals surface area contributed by atoms with Crippen LogP contribution in [0.1, 0.15) is 86.1 Å². The highest BCUT2D eigenvalue weighted by molar-refractivity contribution is 5.90. The van der Waals surface area contributed by atoms with Crippen molar-refractivity contribution in [2.75, 3.05) is 47.9 Å². The van der Waals surface area contributed by atoms with E-state index < -0.39 is 60.2 Å². The maximum Gasteiger partial charge on any atom is 0.326 e. The number of benzene rings is 1. The summed E-state index contributed by atoms with van der Waals surface area (Å²) in [5.41, 5.74) is 6.51. The van der Waals surface area contributed by atoms with Crippen molar-refractivity contribution >= 4 is 29.6 Å². The van der Waals surface area contributed by atoms with Crippen molar-refractivity contribution in [3.63, 3.8) is 0 Å². The number of hydrogen-bond acceptors (Lipinski definition) is 9. The minimum Gasteiger partial charge on any atom is -0.480 e. The Morgan fingerprint density at radius 1 is 0.946 bits per heavy atom. The standard InChI is InChI=1S/C42H72N6O8/c1-12-28(6)37(47(9)41(52)35(26(2)3)45-40(51)36(27(4)5)46(8)22-17-21-43)33(55-10)25-34(49)48-23-16-20-32(48)38(56-11)29(7)39(50)44-31(42(53)54)24-30-18-14-13-15-19-30/h13-15,18-19,26-29,31-33,35-38H,12,16-17,20-25,43H2,1-11H3,(H,44,50)(H,45,51)(H,53,54)/t28?,29?,31?,32-,33?,35?,36?,37?,38?/m0/s1. The zero-order chi connectivity index (χ0) is 42.3. The first-order chi connectivity index (χ1) is 26.4. The van der Waals surface area contributed by atoms with E-state index in [-0.39, 0.29) is 48.3 Å². The number of nitrogens with zero attached hydrogens (tertiary/aromatic N) is 3. The number of likely N-dealkylation sites (tertiary alicyclic amines) is 1. The molecule has 2 rings (SSSR count). The van der Waals surface area contributed by atoms with Gasteiger partial charge in [0.2, 0.25) is 23.6 Å². The Morgan fingerprint density at radius 3 is 2.11 bits per heavy atom. The van der Waals surface area contributed by atoms with Gasteiger partial charge in [-0.1, -0.05) is 85.2 Å². The van der Waals surface area contributed by atoms with Crippen LogP contribution in [0.15, 0.2) is 30.3 Å². The fourth-order valence-electron chi connectivity index (χ4n) is 8.12.